The molecule has 0 aromatic heterocycles. The average Bonchev–Trinajstić information content (AvgIpc) is 2.34. The molecular formula is C12H22N2O3. The van der Waals surface area contributed by atoms with E-state index in [0.29, 0.717) is 13.0 Å². The van der Waals surface area contributed by atoms with Gasteiger partial charge < -0.3 is 14.9 Å². The van der Waals surface area contributed by atoms with Crippen LogP contribution < -0.4 is 0 Å². The normalized spacial score (nSPS) is 16.8. The summed E-state index contributed by atoms with van der Waals surface area (Å²) >= 11 is 0. The lowest BCUT2D eigenvalue weighted by Crippen LogP contribution is -2.35. The van der Waals surface area contributed by atoms with Crippen LogP contribution in [0.3, 0.4) is 0 Å². The van der Waals surface area contributed by atoms with Crippen LogP contribution in [0.1, 0.15) is 32.1 Å². The summed E-state index contributed by atoms with van der Waals surface area (Å²) in [6.45, 7) is 3.28. The van der Waals surface area contributed by atoms with E-state index in [1.807, 2.05) is 0 Å². The largest absolute Gasteiger partial charge is 0.481 e. The standard InChI is InChI=1S/C12H22N2O3/c1-13(9-6-12(16)17)11(15)5-10-14-7-3-2-4-8-14/h2-10H2,1H3,(H,16,17). The lowest BCUT2D eigenvalue weighted by Gasteiger charge is -2.26. The highest BCUT2D eigenvalue weighted by atomic mass is 16.4. The molecule has 0 spiro atoms. The third kappa shape index (κ3) is 5.68. The zero-order valence-corrected chi connectivity index (χ0v) is 10.5. The SMILES string of the molecule is CN(CCC(=O)O)C(=O)CCN1CCCCC1. The Balaban J connectivity index is 2.16. The maximum Gasteiger partial charge on any atom is 0.305 e. The second-order valence-corrected chi connectivity index (χ2v) is 4.61. The maximum atomic E-state index is 11.7. The van der Waals surface area contributed by atoms with Gasteiger partial charge in [-0.1, -0.05) is 6.42 Å². The molecule has 1 N–H and O–H groups in total. The van der Waals surface area contributed by atoms with Crippen molar-refractivity contribution in [1.82, 2.24) is 9.80 Å². The van der Waals surface area contributed by atoms with Crippen LogP contribution >= 0.6 is 0 Å². The van der Waals surface area contributed by atoms with Crippen molar-refractivity contribution < 1.29 is 14.7 Å². The van der Waals surface area contributed by atoms with Gasteiger partial charge in [0.25, 0.3) is 0 Å². The van der Waals surface area contributed by atoms with Crippen molar-refractivity contribution >= 4 is 11.9 Å². The van der Waals surface area contributed by atoms with Crippen LogP contribution in [0, 0.1) is 0 Å². The first kappa shape index (κ1) is 14.0. The number of carboxylic acids is 1. The third-order valence-electron chi connectivity index (χ3n) is 3.18. The fraction of sp³-hybridized carbons (Fsp3) is 0.833. The van der Waals surface area contributed by atoms with E-state index in [4.69, 9.17) is 5.11 Å². The van der Waals surface area contributed by atoms with Crippen LogP contribution in [0.25, 0.3) is 0 Å². The predicted molar refractivity (Wildman–Crippen MR) is 64.8 cm³/mol. The highest BCUT2D eigenvalue weighted by Crippen LogP contribution is 2.09. The second-order valence-electron chi connectivity index (χ2n) is 4.61. The summed E-state index contributed by atoms with van der Waals surface area (Å²) in [6, 6.07) is 0. The summed E-state index contributed by atoms with van der Waals surface area (Å²) in [5, 5.41) is 8.53. The van der Waals surface area contributed by atoms with Crippen molar-refractivity contribution in [3.63, 3.8) is 0 Å². The van der Waals surface area contributed by atoms with E-state index >= 15 is 0 Å². The van der Waals surface area contributed by atoms with Crippen molar-refractivity contribution in [2.75, 3.05) is 33.2 Å². The van der Waals surface area contributed by atoms with Gasteiger partial charge in [0.1, 0.15) is 0 Å². The van der Waals surface area contributed by atoms with Crippen LogP contribution in [-0.4, -0.2) is 60.0 Å². The number of likely N-dealkylation sites (tertiary alicyclic amines) is 1. The molecule has 0 radical (unpaired) electrons. The van der Waals surface area contributed by atoms with Gasteiger partial charge in [0.15, 0.2) is 0 Å². The monoisotopic (exact) mass is 242 g/mol. The molecule has 1 aliphatic heterocycles. The van der Waals surface area contributed by atoms with E-state index in [9.17, 15) is 9.59 Å². The summed E-state index contributed by atoms with van der Waals surface area (Å²) in [6.07, 6.45) is 4.26. The molecular weight excluding hydrogens is 220 g/mol. The number of carbonyl (C=O) groups excluding carboxylic acids is 1. The van der Waals surface area contributed by atoms with E-state index < -0.39 is 5.97 Å². The van der Waals surface area contributed by atoms with Crippen molar-refractivity contribution in [2.24, 2.45) is 0 Å². The number of rotatable bonds is 6. The van der Waals surface area contributed by atoms with Crippen molar-refractivity contribution in [3.05, 3.63) is 0 Å². The Morgan fingerprint density at radius 3 is 2.41 bits per heavy atom. The Morgan fingerprint density at radius 1 is 1.18 bits per heavy atom. The molecule has 17 heavy (non-hydrogen) atoms. The molecule has 1 amide bonds. The summed E-state index contributed by atoms with van der Waals surface area (Å²) < 4.78 is 0. The molecule has 1 aliphatic rings. The van der Waals surface area contributed by atoms with Gasteiger partial charge in [0, 0.05) is 26.6 Å². The summed E-state index contributed by atoms with van der Waals surface area (Å²) in [5.41, 5.74) is 0. The molecule has 0 atom stereocenters. The third-order valence-corrected chi connectivity index (χ3v) is 3.18. The van der Waals surface area contributed by atoms with Gasteiger partial charge in [-0.3, -0.25) is 9.59 Å². The number of hydrogen-bond donors (Lipinski definition) is 1. The highest BCUT2D eigenvalue weighted by Gasteiger charge is 2.14. The molecule has 98 valence electrons. The topological polar surface area (TPSA) is 60.9 Å². The lowest BCUT2D eigenvalue weighted by molar-refractivity contribution is -0.138. The van der Waals surface area contributed by atoms with Crippen molar-refractivity contribution in [1.29, 1.82) is 0 Å². The van der Waals surface area contributed by atoms with Gasteiger partial charge in [-0.15, -0.1) is 0 Å². The Bertz CT molecular complexity index is 262. The van der Waals surface area contributed by atoms with Crippen LogP contribution in [0.5, 0.6) is 0 Å². The van der Waals surface area contributed by atoms with Crippen molar-refractivity contribution in [2.45, 2.75) is 32.1 Å². The Morgan fingerprint density at radius 2 is 1.82 bits per heavy atom. The molecule has 0 bridgehead atoms. The first-order chi connectivity index (χ1) is 8.09. The molecule has 0 unspecified atom stereocenters. The Labute approximate surface area is 102 Å². The smallest absolute Gasteiger partial charge is 0.305 e. The van der Waals surface area contributed by atoms with Crippen LogP contribution in [0.2, 0.25) is 0 Å². The molecule has 5 heteroatoms. The van der Waals surface area contributed by atoms with E-state index in [1.54, 1.807) is 7.05 Å². The van der Waals surface area contributed by atoms with E-state index in [1.165, 1.54) is 24.2 Å². The molecule has 1 saturated heterocycles. The molecule has 0 aromatic rings. The van der Waals surface area contributed by atoms with E-state index in [-0.39, 0.29) is 12.3 Å². The molecule has 1 rings (SSSR count). The van der Waals surface area contributed by atoms with Gasteiger partial charge in [0.2, 0.25) is 5.91 Å². The zero-order chi connectivity index (χ0) is 12.7. The summed E-state index contributed by atoms with van der Waals surface area (Å²) in [7, 11) is 1.67. The Kier molecular flexibility index (Phi) is 5.97. The molecule has 0 aromatic carbocycles. The maximum absolute atomic E-state index is 11.7. The zero-order valence-electron chi connectivity index (χ0n) is 10.5. The predicted octanol–water partition coefficient (Wildman–Crippen LogP) is 0.795. The van der Waals surface area contributed by atoms with Gasteiger partial charge in [0.05, 0.1) is 6.42 Å². The lowest BCUT2D eigenvalue weighted by atomic mass is 10.1. The van der Waals surface area contributed by atoms with E-state index in [2.05, 4.69) is 4.90 Å². The highest BCUT2D eigenvalue weighted by molar-refractivity contribution is 5.76. The minimum atomic E-state index is -0.860. The van der Waals surface area contributed by atoms with Gasteiger partial charge in [-0.2, -0.15) is 0 Å². The van der Waals surface area contributed by atoms with E-state index in [0.717, 1.165) is 19.6 Å². The van der Waals surface area contributed by atoms with Crippen molar-refractivity contribution in [3.8, 4) is 0 Å². The molecule has 1 fully saturated rings. The second kappa shape index (κ2) is 7.27. The minimum absolute atomic E-state index is 0.0198. The van der Waals surface area contributed by atoms with Crippen LogP contribution in [-0.2, 0) is 9.59 Å². The van der Waals surface area contributed by atoms with Gasteiger partial charge >= 0.3 is 5.97 Å². The molecule has 5 nitrogen and oxygen atoms in total. The quantitative estimate of drug-likeness (QED) is 0.748. The summed E-state index contributed by atoms with van der Waals surface area (Å²) in [5.74, 6) is -0.822. The minimum Gasteiger partial charge on any atom is -0.481 e. The number of amides is 1. The van der Waals surface area contributed by atoms with Crippen LogP contribution in [0.4, 0.5) is 0 Å². The fourth-order valence-electron chi connectivity index (χ4n) is 2.02. The Hall–Kier alpha value is -1.10. The van der Waals surface area contributed by atoms with Gasteiger partial charge in [-0.05, 0) is 25.9 Å². The van der Waals surface area contributed by atoms with Gasteiger partial charge in [-0.25, -0.2) is 0 Å². The molecule has 0 saturated carbocycles. The average molecular weight is 242 g/mol. The first-order valence-corrected chi connectivity index (χ1v) is 6.27. The fourth-order valence-corrected chi connectivity index (χ4v) is 2.02. The number of aliphatic carboxylic acids is 1. The summed E-state index contributed by atoms with van der Waals surface area (Å²) in [4.78, 5) is 25.9. The number of carbonyl (C=O) groups is 2. The number of carboxylic acid groups (broad SMARTS) is 1. The number of nitrogens with zero attached hydrogens (tertiary/aromatic N) is 2. The number of piperidine rings is 1. The molecule has 1 heterocycles. The first-order valence-electron chi connectivity index (χ1n) is 6.27. The number of hydrogen-bond acceptors (Lipinski definition) is 3. The molecule has 0 aliphatic carbocycles. The van der Waals surface area contributed by atoms with Crippen LogP contribution in [0.15, 0.2) is 0 Å².